The van der Waals surface area contributed by atoms with Crippen LogP contribution in [-0.4, -0.2) is 44.9 Å². The van der Waals surface area contributed by atoms with E-state index >= 15 is 0 Å². The maximum atomic E-state index is 13.9. The van der Waals surface area contributed by atoms with Crippen LogP contribution in [0.25, 0.3) is 10.9 Å². The fourth-order valence-electron chi connectivity index (χ4n) is 5.66. The van der Waals surface area contributed by atoms with Crippen molar-refractivity contribution in [3.05, 3.63) is 99.6 Å². The molecule has 0 radical (unpaired) electrons. The lowest BCUT2D eigenvalue weighted by Crippen LogP contribution is -2.38. The SMILES string of the molecule is O=C1C[C@H]2c3c([nH]c4ccccc4c3=O)[C@@H](c3ccc4c(c3)OCO4)N2C(=O)CN1Cc1ccccn1. The van der Waals surface area contributed by atoms with Gasteiger partial charge in [-0.2, -0.15) is 0 Å². The highest BCUT2D eigenvalue weighted by Crippen LogP contribution is 2.48. The van der Waals surface area contributed by atoms with Crippen LogP contribution in [-0.2, 0) is 16.1 Å². The Morgan fingerprint density at radius 1 is 0.946 bits per heavy atom. The standard InChI is InChI=1S/C28H22N4O5/c33-23-12-20-25-26(30-19-7-2-1-6-18(19)28(25)35)27(16-8-9-21-22(11-16)37-15-36-21)32(20)24(34)14-31(23)13-17-5-3-4-10-29-17/h1-11,20,27H,12-15H2,(H,30,35)/t20-,27+/m0/s1. The van der Waals surface area contributed by atoms with E-state index in [0.29, 0.717) is 39.4 Å². The number of nitrogens with one attached hydrogen (secondary N) is 1. The molecule has 3 aliphatic rings. The molecule has 0 spiro atoms. The van der Waals surface area contributed by atoms with Crippen molar-refractivity contribution in [1.29, 1.82) is 0 Å². The van der Waals surface area contributed by atoms with Crippen molar-refractivity contribution >= 4 is 22.7 Å². The number of carbonyl (C=O) groups excluding carboxylic acids is 2. The number of carbonyl (C=O) groups is 2. The number of hydrogen-bond donors (Lipinski definition) is 1. The summed E-state index contributed by atoms with van der Waals surface area (Å²) in [5.41, 5.74) is 3.08. The smallest absolute Gasteiger partial charge is 0.243 e. The Balaban J connectivity index is 1.38. The molecule has 1 fully saturated rings. The van der Waals surface area contributed by atoms with Crippen LogP contribution in [0.15, 0.2) is 71.7 Å². The van der Waals surface area contributed by atoms with Gasteiger partial charge in [0.15, 0.2) is 16.9 Å². The van der Waals surface area contributed by atoms with Gasteiger partial charge < -0.3 is 24.3 Å². The van der Waals surface area contributed by atoms with E-state index in [1.54, 1.807) is 23.2 Å². The third-order valence-corrected chi connectivity index (χ3v) is 7.32. The summed E-state index contributed by atoms with van der Waals surface area (Å²) in [7, 11) is 0. The topological polar surface area (TPSA) is 105 Å². The van der Waals surface area contributed by atoms with Gasteiger partial charge in [-0.15, -0.1) is 0 Å². The summed E-state index contributed by atoms with van der Waals surface area (Å²) in [6.07, 6.45) is 1.67. The molecule has 7 rings (SSSR count). The van der Waals surface area contributed by atoms with E-state index in [9.17, 15) is 14.4 Å². The summed E-state index contributed by atoms with van der Waals surface area (Å²) >= 11 is 0. The molecule has 0 aliphatic carbocycles. The van der Waals surface area contributed by atoms with Crippen LogP contribution in [0.3, 0.4) is 0 Å². The average Bonchev–Trinajstić information content (AvgIpc) is 3.48. The number of rotatable bonds is 3. The number of pyridine rings is 2. The van der Waals surface area contributed by atoms with Crippen LogP contribution < -0.4 is 14.9 Å². The van der Waals surface area contributed by atoms with Gasteiger partial charge in [0, 0.05) is 22.7 Å². The molecular weight excluding hydrogens is 472 g/mol. The third-order valence-electron chi connectivity index (χ3n) is 7.32. The second-order valence-electron chi connectivity index (χ2n) is 9.43. The number of para-hydroxylation sites is 1. The summed E-state index contributed by atoms with van der Waals surface area (Å²) in [6.45, 7) is 0.250. The number of hydrogen-bond acceptors (Lipinski definition) is 6. The number of ether oxygens (including phenoxy) is 2. The first-order valence-corrected chi connectivity index (χ1v) is 12.1. The minimum absolute atomic E-state index is 0.00798. The molecule has 184 valence electrons. The predicted molar refractivity (Wildman–Crippen MR) is 133 cm³/mol. The Bertz CT molecular complexity index is 1630. The minimum Gasteiger partial charge on any atom is -0.454 e. The quantitative estimate of drug-likeness (QED) is 0.470. The lowest BCUT2D eigenvalue weighted by Gasteiger charge is -2.29. The summed E-state index contributed by atoms with van der Waals surface area (Å²) in [6, 6.07) is 17.0. The summed E-state index contributed by atoms with van der Waals surface area (Å²) in [5, 5.41) is 0.530. The van der Waals surface area contributed by atoms with E-state index in [1.165, 1.54) is 4.90 Å². The van der Waals surface area contributed by atoms with Crippen molar-refractivity contribution in [3.63, 3.8) is 0 Å². The number of H-pyrrole nitrogens is 1. The zero-order valence-electron chi connectivity index (χ0n) is 19.7. The number of nitrogens with zero attached hydrogens (tertiary/aromatic N) is 3. The van der Waals surface area contributed by atoms with Crippen molar-refractivity contribution in [1.82, 2.24) is 19.8 Å². The molecule has 5 heterocycles. The Kier molecular flexibility index (Phi) is 4.78. The van der Waals surface area contributed by atoms with E-state index in [4.69, 9.17) is 9.47 Å². The lowest BCUT2D eigenvalue weighted by molar-refractivity contribution is -0.137. The Labute approximate surface area is 211 Å². The second-order valence-corrected chi connectivity index (χ2v) is 9.43. The van der Waals surface area contributed by atoms with E-state index in [2.05, 4.69) is 9.97 Å². The first-order valence-electron chi connectivity index (χ1n) is 12.1. The zero-order valence-corrected chi connectivity index (χ0v) is 19.7. The minimum atomic E-state index is -0.687. The van der Waals surface area contributed by atoms with Gasteiger partial charge >= 0.3 is 0 Å². The molecular formula is C28H22N4O5. The number of fused-ring (bicyclic) bond motifs is 5. The summed E-state index contributed by atoms with van der Waals surface area (Å²) < 4.78 is 11.1. The molecule has 2 amide bonds. The number of aromatic nitrogens is 2. The van der Waals surface area contributed by atoms with Crippen LogP contribution in [0.1, 0.15) is 41.0 Å². The fraction of sp³-hybridized carbons (Fsp3) is 0.214. The molecule has 1 N–H and O–H groups in total. The van der Waals surface area contributed by atoms with E-state index in [-0.39, 0.29) is 43.5 Å². The summed E-state index contributed by atoms with van der Waals surface area (Å²) in [4.78, 5) is 52.1. The van der Waals surface area contributed by atoms with Gasteiger partial charge in [0.1, 0.15) is 6.54 Å². The first-order chi connectivity index (χ1) is 18.1. The number of benzene rings is 2. The molecule has 0 bridgehead atoms. The molecule has 2 atom stereocenters. The fourth-order valence-corrected chi connectivity index (χ4v) is 5.66. The van der Waals surface area contributed by atoms with Gasteiger partial charge in [-0.25, -0.2) is 0 Å². The molecule has 2 aromatic carbocycles. The highest BCUT2D eigenvalue weighted by molar-refractivity contribution is 5.90. The van der Waals surface area contributed by atoms with Gasteiger partial charge in [0.25, 0.3) is 0 Å². The molecule has 2 aromatic heterocycles. The molecule has 37 heavy (non-hydrogen) atoms. The Hall–Kier alpha value is -4.66. The molecule has 9 heteroatoms. The highest BCUT2D eigenvalue weighted by atomic mass is 16.7. The summed E-state index contributed by atoms with van der Waals surface area (Å²) in [5.74, 6) is 0.782. The molecule has 1 saturated heterocycles. The van der Waals surface area contributed by atoms with Crippen LogP contribution >= 0.6 is 0 Å². The maximum absolute atomic E-state index is 13.9. The van der Waals surface area contributed by atoms with Crippen LogP contribution in [0.5, 0.6) is 11.5 Å². The largest absolute Gasteiger partial charge is 0.454 e. The monoisotopic (exact) mass is 494 g/mol. The predicted octanol–water partition coefficient (Wildman–Crippen LogP) is 3.06. The van der Waals surface area contributed by atoms with Gasteiger partial charge in [0.05, 0.1) is 36.4 Å². The van der Waals surface area contributed by atoms with Crippen LogP contribution in [0.2, 0.25) is 0 Å². The van der Waals surface area contributed by atoms with E-state index in [1.807, 2.05) is 48.5 Å². The molecule has 3 aliphatic heterocycles. The third kappa shape index (κ3) is 3.38. The zero-order chi connectivity index (χ0) is 25.1. The van der Waals surface area contributed by atoms with Gasteiger partial charge in [-0.1, -0.05) is 24.3 Å². The molecule has 0 saturated carbocycles. The molecule has 9 nitrogen and oxygen atoms in total. The first kappa shape index (κ1) is 21.6. The van der Waals surface area contributed by atoms with Crippen LogP contribution in [0.4, 0.5) is 0 Å². The molecule has 4 aromatic rings. The maximum Gasteiger partial charge on any atom is 0.243 e. The number of amides is 2. The van der Waals surface area contributed by atoms with Gasteiger partial charge in [0.2, 0.25) is 18.6 Å². The number of aromatic amines is 1. The highest BCUT2D eigenvalue weighted by Gasteiger charge is 2.48. The average molecular weight is 495 g/mol. The second kappa shape index (κ2) is 8.19. The van der Waals surface area contributed by atoms with Crippen molar-refractivity contribution in [3.8, 4) is 11.5 Å². The van der Waals surface area contributed by atoms with E-state index in [0.717, 1.165) is 5.56 Å². The molecule has 0 unspecified atom stereocenters. The van der Waals surface area contributed by atoms with Crippen molar-refractivity contribution in [2.24, 2.45) is 0 Å². The van der Waals surface area contributed by atoms with Crippen molar-refractivity contribution in [2.45, 2.75) is 25.0 Å². The van der Waals surface area contributed by atoms with Crippen molar-refractivity contribution in [2.75, 3.05) is 13.3 Å². The van der Waals surface area contributed by atoms with Gasteiger partial charge in [-0.05, 0) is 42.0 Å². The normalized spacial score (nSPS) is 20.2. The van der Waals surface area contributed by atoms with Crippen molar-refractivity contribution < 1.29 is 19.1 Å². The van der Waals surface area contributed by atoms with Crippen LogP contribution in [0, 0.1) is 0 Å². The van der Waals surface area contributed by atoms with Gasteiger partial charge in [-0.3, -0.25) is 19.4 Å². The Morgan fingerprint density at radius 3 is 2.65 bits per heavy atom. The van der Waals surface area contributed by atoms with E-state index < -0.39 is 12.1 Å². The lowest BCUT2D eigenvalue weighted by atomic mass is 9.98. The Morgan fingerprint density at radius 2 is 1.78 bits per heavy atom.